The van der Waals surface area contributed by atoms with E-state index in [1.165, 1.54) is 0 Å². The molecule has 0 atom stereocenters. The first-order valence-electron chi connectivity index (χ1n) is 6.38. The molecule has 19 heavy (non-hydrogen) atoms. The monoisotopic (exact) mass is 284 g/mol. The number of hydrogen-bond donors (Lipinski definition) is 2. The van der Waals surface area contributed by atoms with Gasteiger partial charge in [-0.3, -0.25) is 4.79 Å². The summed E-state index contributed by atoms with van der Waals surface area (Å²) in [5.74, 6) is 0.511. The van der Waals surface area contributed by atoms with E-state index in [2.05, 4.69) is 5.32 Å². The van der Waals surface area contributed by atoms with Crippen LogP contribution in [-0.4, -0.2) is 19.6 Å². The average Bonchev–Trinajstić information content (AvgIpc) is 2.41. The number of hydrogen-bond acceptors (Lipinski definition) is 3. The molecule has 1 aromatic carbocycles. The van der Waals surface area contributed by atoms with Crippen molar-refractivity contribution in [1.82, 2.24) is 0 Å². The van der Waals surface area contributed by atoms with Gasteiger partial charge in [0.1, 0.15) is 5.75 Å². The van der Waals surface area contributed by atoms with Gasteiger partial charge in [0.05, 0.1) is 17.5 Å². The van der Waals surface area contributed by atoms with Crippen LogP contribution in [-0.2, 0) is 4.79 Å². The molecule has 0 radical (unpaired) electrons. The zero-order chi connectivity index (χ0) is 14.5. The minimum Gasteiger partial charge on any atom is -0.495 e. The SMILES string of the molecule is CCC(CC)(CN)C(=O)Nc1ccc(OC)c(Cl)c1. The van der Waals surface area contributed by atoms with E-state index in [4.69, 9.17) is 22.1 Å². The van der Waals surface area contributed by atoms with Crippen molar-refractivity contribution in [2.45, 2.75) is 26.7 Å². The zero-order valence-corrected chi connectivity index (χ0v) is 12.4. The first-order valence-corrected chi connectivity index (χ1v) is 6.75. The van der Waals surface area contributed by atoms with Crippen molar-refractivity contribution in [2.24, 2.45) is 11.1 Å². The summed E-state index contributed by atoms with van der Waals surface area (Å²) in [5, 5.41) is 3.33. The Morgan fingerprint density at radius 1 is 1.42 bits per heavy atom. The van der Waals surface area contributed by atoms with E-state index in [9.17, 15) is 4.79 Å². The Hall–Kier alpha value is -1.26. The molecule has 0 aliphatic carbocycles. The number of amides is 1. The van der Waals surface area contributed by atoms with Gasteiger partial charge in [-0.15, -0.1) is 0 Å². The third-order valence-electron chi connectivity index (χ3n) is 3.64. The second-order valence-electron chi connectivity index (χ2n) is 4.50. The molecule has 0 fully saturated rings. The molecular weight excluding hydrogens is 264 g/mol. The fraction of sp³-hybridized carbons (Fsp3) is 0.500. The molecule has 1 amide bonds. The highest BCUT2D eigenvalue weighted by molar-refractivity contribution is 6.32. The first-order chi connectivity index (χ1) is 9.02. The van der Waals surface area contributed by atoms with Crippen LogP contribution in [0.3, 0.4) is 0 Å². The van der Waals surface area contributed by atoms with Crippen LogP contribution in [0.25, 0.3) is 0 Å². The lowest BCUT2D eigenvalue weighted by atomic mass is 9.81. The lowest BCUT2D eigenvalue weighted by molar-refractivity contribution is -0.125. The predicted molar refractivity (Wildman–Crippen MR) is 78.7 cm³/mol. The van der Waals surface area contributed by atoms with E-state index in [0.717, 1.165) is 0 Å². The van der Waals surface area contributed by atoms with Crippen molar-refractivity contribution in [3.63, 3.8) is 0 Å². The van der Waals surface area contributed by atoms with Crippen LogP contribution in [0.4, 0.5) is 5.69 Å². The van der Waals surface area contributed by atoms with Gasteiger partial charge in [0.15, 0.2) is 0 Å². The van der Waals surface area contributed by atoms with E-state index in [1.807, 2.05) is 13.8 Å². The van der Waals surface area contributed by atoms with Crippen molar-refractivity contribution in [2.75, 3.05) is 19.0 Å². The fourth-order valence-corrected chi connectivity index (χ4v) is 2.22. The van der Waals surface area contributed by atoms with Gasteiger partial charge in [0, 0.05) is 12.2 Å². The number of rotatable bonds is 6. The quantitative estimate of drug-likeness (QED) is 0.844. The summed E-state index contributed by atoms with van der Waals surface area (Å²) in [6, 6.07) is 5.15. The molecule has 4 nitrogen and oxygen atoms in total. The Balaban J connectivity index is 2.90. The molecule has 1 rings (SSSR count). The maximum absolute atomic E-state index is 12.3. The Morgan fingerprint density at radius 2 is 2.05 bits per heavy atom. The molecular formula is C14H21ClN2O2. The number of ether oxygens (including phenoxy) is 1. The number of nitrogens with one attached hydrogen (secondary N) is 1. The van der Waals surface area contributed by atoms with Crippen molar-refractivity contribution in [1.29, 1.82) is 0 Å². The number of carbonyl (C=O) groups excluding carboxylic acids is 1. The molecule has 0 unspecified atom stereocenters. The zero-order valence-electron chi connectivity index (χ0n) is 11.6. The lowest BCUT2D eigenvalue weighted by Gasteiger charge is -2.28. The van der Waals surface area contributed by atoms with Crippen molar-refractivity contribution in [3.05, 3.63) is 23.2 Å². The summed E-state index contributed by atoms with van der Waals surface area (Å²) < 4.78 is 5.07. The average molecular weight is 285 g/mol. The van der Waals surface area contributed by atoms with E-state index in [0.29, 0.717) is 35.8 Å². The largest absolute Gasteiger partial charge is 0.495 e. The molecule has 0 aliphatic heterocycles. The predicted octanol–water partition coefficient (Wildman–Crippen LogP) is 3.05. The van der Waals surface area contributed by atoms with Gasteiger partial charge in [-0.2, -0.15) is 0 Å². The minimum atomic E-state index is -0.521. The highest BCUT2D eigenvalue weighted by Gasteiger charge is 2.33. The summed E-state index contributed by atoms with van der Waals surface area (Å²) in [6.45, 7) is 4.27. The van der Waals surface area contributed by atoms with Gasteiger partial charge < -0.3 is 15.8 Å². The van der Waals surface area contributed by atoms with Crippen LogP contribution < -0.4 is 15.8 Å². The number of halogens is 1. The van der Waals surface area contributed by atoms with Gasteiger partial charge in [-0.25, -0.2) is 0 Å². The Kier molecular flexibility index (Phi) is 5.63. The molecule has 3 N–H and O–H groups in total. The summed E-state index contributed by atoms with van der Waals surface area (Å²) in [7, 11) is 1.55. The van der Waals surface area contributed by atoms with Gasteiger partial charge in [-0.1, -0.05) is 25.4 Å². The normalized spacial score (nSPS) is 11.2. The van der Waals surface area contributed by atoms with Crippen LogP contribution in [0.1, 0.15) is 26.7 Å². The highest BCUT2D eigenvalue weighted by atomic mass is 35.5. The third kappa shape index (κ3) is 3.39. The van der Waals surface area contributed by atoms with Gasteiger partial charge in [0.25, 0.3) is 0 Å². The van der Waals surface area contributed by atoms with Crippen LogP contribution in [0.5, 0.6) is 5.75 Å². The van der Waals surface area contributed by atoms with Crippen LogP contribution in [0, 0.1) is 5.41 Å². The van der Waals surface area contributed by atoms with Crippen LogP contribution in [0.15, 0.2) is 18.2 Å². The molecule has 0 bridgehead atoms. The highest BCUT2D eigenvalue weighted by Crippen LogP contribution is 2.30. The summed E-state index contributed by atoms with van der Waals surface area (Å²) in [6.07, 6.45) is 1.41. The molecule has 0 aromatic heterocycles. The number of nitrogens with two attached hydrogens (primary N) is 1. The van der Waals surface area contributed by atoms with E-state index >= 15 is 0 Å². The minimum absolute atomic E-state index is 0.0683. The van der Waals surface area contributed by atoms with Crippen molar-refractivity contribution < 1.29 is 9.53 Å². The van der Waals surface area contributed by atoms with Gasteiger partial charge in [-0.05, 0) is 31.0 Å². The summed E-state index contributed by atoms with van der Waals surface area (Å²) in [4.78, 5) is 12.3. The maximum Gasteiger partial charge on any atom is 0.231 e. The van der Waals surface area contributed by atoms with Gasteiger partial charge in [0.2, 0.25) is 5.91 Å². The molecule has 0 heterocycles. The Bertz CT molecular complexity index is 437. The molecule has 1 aromatic rings. The van der Waals surface area contributed by atoms with E-state index in [1.54, 1.807) is 25.3 Å². The molecule has 0 aliphatic rings. The number of carbonyl (C=O) groups is 1. The molecule has 0 spiro atoms. The lowest BCUT2D eigenvalue weighted by Crippen LogP contribution is -2.41. The topological polar surface area (TPSA) is 64.4 Å². The second-order valence-corrected chi connectivity index (χ2v) is 4.90. The first kappa shape index (κ1) is 15.8. The maximum atomic E-state index is 12.3. The fourth-order valence-electron chi connectivity index (χ4n) is 1.96. The Morgan fingerprint density at radius 3 is 2.47 bits per heavy atom. The molecule has 0 saturated carbocycles. The molecule has 0 saturated heterocycles. The summed E-state index contributed by atoms with van der Waals surface area (Å²) >= 11 is 6.03. The molecule has 5 heteroatoms. The number of benzene rings is 1. The third-order valence-corrected chi connectivity index (χ3v) is 3.93. The number of anilines is 1. The van der Waals surface area contributed by atoms with Crippen LogP contribution in [0.2, 0.25) is 5.02 Å². The van der Waals surface area contributed by atoms with E-state index in [-0.39, 0.29) is 5.91 Å². The van der Waals surface area contributed by atoms with Crippen LogP contribution >= 0.6 is 11.6 Å². The van der Waals surface area contributed by atoms with Gasteiger partial charge >= 0.3 is 0 Å². The molecule has 106 valence electrons. The van der Waals surface area contributed by atoms with E-state index < -0.39 is 5.41 Å². The van der Waals surface area contributed by atoms with Crippen molar-refractivity contribution in [3.8, 4) is 5.75 Å². The second kappa shape index (κ2) is 6.78. The smallest absolute Gasteiger partial charge is 0.231 e. The summed E-state index contributed by atoms with van der Waals surface area (Å²) in [5.41, 5.74) is 5.88. The standard InChI is InChI=1S/C14H21ClN2O2/c1-4-14(5-2,9-16)13(18)17-10-6-7-12(19-3)11(15)8-10/h6-8H,4-5,9,16H2,1-3H3,(H,17,18). The van der Waals surface area contributed by atoms with Crippen molar-refractivity contribution >= 4 is 23.2 Å². The Labute approximate surface area is 119 Å². The number of methoxy groups -OCH3 is 1.